The summed E-state index contributed by atoms with van der Waals surface area (Å²) in [6.45, 7) is 1.99. The molecular formula is C12H16BrNO. The van der Waals surface area contributed by atoms with E-state index in [1.165, 1.54) is 18.4 Å². The summed E-state index contributed by atoms with van der Waals surface area (Å²) in [7, 11) is 0. The molecule has 0 aliphatic heterocycles. The Labute approximate surface area is 99.0 Å². The summed E-state index contributed by atoms with van der Waals surface area (Å²) in [6, 6.07) is 9.08. The fourth-order valence-corrected chi connectivity index (χ4v) is 2.28. The SMILES string of the molecule is OCCN(Cc1cccc(Br)c1)C1CC1. The second-order valence-corrected chi connectivity index (χ2v) is 4.97. The summed E-state index contributed by atoms with van der Waals surface area (Å²) in [5, 5.41) is 9.00. The van der Waals surface area contributed by atoms with Crippen molar-refractivity contribution in [1.29, 1.82) is 0 Å². The van der Waals surface area contributed by atoms with Gasteiger partial charge in [-0.15, -0.1) is 0 Å². The molecule has 2 nitrogen and oxygen atoms in total. The number of aliphatic hydroxyl groups excluding tert-OH is 1. The molecule has 0 radical (unpaired) electrons. The third-order valence-corrected chi connectivity index (χ3v) is 3.22. The van der Waals surface area contributed by atoms with Crippen LogP contribution in [0.15, 0.2) is 28.7 Å². The number of benzene rings is 1. The zero-order valence-corrected chi connectivity index (χ0v) is 10.3. The number of nitrogens with zero attached hydrogens (tertiary/aromatic N) is 1. The van der Waals surface area contributed by atoms with E-state index >= 15 is 0 Å². The van der Waals surface area contributed by atoms with E-state index in [0.29, 0.717) is 6.04 Å². The van der Waals surface area contributed by atoms with Crippen LogP contribution < -0.4 is 0 Å². The van der Waals surface area contributed by atoms with Gasteiger partial charge in [0, 0.05) is 23.6 Å². The Balaban J connectivity index is 1.98. The van der Waals surface area contributed by atoms with Crippen LogP contribution in [0.5, 0.6) is 0 Å². The molecular weight excluding hydrogens is 254 g/mol. The van der Waals surface area contributed by atoms with Gasteiger partial charge in [0.2, 0.25) is 0 Å². The fraction of sp³-hybridized carbons (Fsp3) is 0.500. The highest BCUT2D eigenvalue weighted by Gasteiger charge is 2.28. The van der Waals surface area contributed by atoms with Gasteiger partial charge >= 0.3 is 0 Å². The third-order valence-electron chi connectivity index (χ3n) is 2.73. The molecule has 1 N–H and O–H groups in total. The molecule has 3 heteroatoms. The third kappa shape index (κ3) is 3.30. The lowest BCUT2D eigenvalue weighted by Gasteiger charge is -2.20. The maximum atomic E-state index is 9.00. The minimum atomic E-state index is 0.254. The van der Waals surface area contributed by atoms with Crippen molar-refractivity contribution in [3.05, 3.63) is 34.3 Å². The zero-order chi connectivity index (χ0) is 10.7. The molecule has 1 aliphatic rings. The number of hydrogen-bond donors (Lipinski definition) is 1. The van der Waals surface area contributed by atoms with Crippen molar-refractivity contribution in [2.75, 3.05) is 13.2 Å². The Hall–Kier alpha value is -0.380. The van der Waals surface area contributed by atoms with E-state index in [0.717, 1.165) is 17.6 Å². The molecule has 1 aromatic rings. The highest BCUT2D eigenvalue weighted by Crippen LogP contribution is 2.28. The normalized spacial score (nSPS) is 15.9. The molecule has 0 heterocycles. The van der Waals surface area contributed by atoms with Crippen molar-refractivity contribution in [2.45, 2.75) is 25.4 Å². The average Bonchev–Trinajstić information content (AvgIpc) is 3.00. The molecule has 2 rings (SSSR count). The highest BCUT2D eigenvalue weighted by molar-refractivity contribution is 9.10. The van der Waals surface area contributed by atoms with Crippen LogP contribution in [-0.2, 0) is 6.54 Å². The molecule has 0 atom stereocenters. The van der Waals surface area contributed by atoms with E-state index in [2.05, 4.69) is 39.0 Å². The summed E-state index contributed by atoms with van der Waals surface area (Å²) >= 11 is 3.48. The standard InChI is InChI=1S/C12H16BrNO/c13-11-3-1-2-10(8-11)9-14(6-7-15)12-4-5-12/h1-3,8,12,15H,4-7,9H2. The maximum absolute atomic E-state index is 9.00. The number of halogens is 1. The quantitative estimate of drug-likeness (QED) is 0.888. The first-order valence-corrected chi connectivity index (χ1v) is 6.18. The molecule has 1 aromatic carbocycles. The van der Waals surface area contributed by atoms with E-state index in [9.17, 15) is 0 Å². The van der Waals surface area contributed by atoms with E-state index < -0.39 is 0 Å². The lowest BCUT2D eigenvalue weighted by Crippen LogP contribution is -2.28. The van der Waals surface area contributed by atoms with Gasteiger partial charge in [-0.1, -0.05) is 28.1 Å². The predicted octanol–water partition coefficient (Wildman–Crippen LogP) is 2.41. The average molecular weight is 270 g/mol. The van der Waals surface area contributed by atoms with E-state index in [-0.39, 0.29) is 6.61 Å². The topological polar surface area (TPSA) is 23.5 Å². The van der Waals surface area contributed by atoms with Gasteiger partial charge in [0.1, 0.15) is 0 Å². The molecule has 0 amide bonds. The lowest BCUT2D eigenvalue weighted by atomic mass is 10.2. The van der Waals surface area contributed by atoms with Crippen molar-refractivity contribution in [2.24, 2.45) is 0 Å². The van der Waals surface area contributed by atoms with Crippen LogP contribution in [0.3, 0.4) is 0 Å². The van der Waals surface area contributed by atoms with Gasteiger partial charge in [0.25, 0.3) is 0 Å². The first kappa shape index (κ1) is 11.1. The van der Waals surface area contributed by atoms with Crippen LogP contribution in [0, 0.1) is 0 Å². The second kappa shape index (κ2) is 5.10. The number of rotatable bonds is 5. The first-order chi connectivity index (χ1) is 7.29. The number of aliphatic hydroxyl groups is 1. The summed E-state index contributed by atoms with van der Waals surface area (Å²) in [5.41, 5.74) is 1.31. The molecule has 0 bridgehead atoms. The second-order valence-electron chi connectivity index (χ2n) is 4.06. The molecule has 15 heavy (non-hydrogen) atoms. The van der Waals surface area contributed by atoms with E-state index in [1.54, 1.807) is 0 Å². The first-order valence-electron chi connectivity index (χ1n) is 5.39. The van der Waals surface area contributed by atoms with Crippen LogP contribution in [0.2, 0.25) is 0 Å². The molecule has 1 aliphatic carbocycles. The largest absolute Gasteiger partial charge is 0.395 e. The van der Waals surface area contributed by atoms with Gasteiger partial charge in [-0.25, -0.2) is 0 Å². The minimum absolute atomic E-state index is 0.254. The van der Waals surface area contributed by atoms with Gasteiger partial charge in [0.05, 0.1) is 6.61 Å². The smallest absolute Gasteiger partial charge is 0.0558 e. The van der Waals surface area contributed by atoms with Crippen molar-refractivity contribution in [3.8, 4) is 0 Å². The van der Waals surface area contributed by atoms with Gasteiger partial charge in [-0.3, -0.25) is 4.90 Å². The van der Waals surface area contributed by atoms with Crippen LogP contribution in [0.4, 0.5) is 0 Å². The summed E-state index contributed by atoms with van der Waals surface area (Å²) in [4.78, 5) is 2.36. The molecule has 82 valence electrons. The molecule has 1 saturated carbocycles. The van der Waals surface area contributed by atoms with Gasteiger partial charge in [-0.2, -0.15) is 0 Å². The van der Waals surface area contributed by atoms with Gasteiger partial charge in [-0.05, 0) is 30.5 Å². The highest BCUT2D eigenvalue weighted by atomic mass is 79.9. The Kier molecular flexibility index (Phi) is 3.78. The maximum Gasteiger partial charge on any atom is 0.0558 e. The minimum Gasteiger partial charge on any atom is -0.395 e. The van der Waals surface area contributed by atoms with E-state index in [4.69, 9.17) is 5.11 Å². The molecule has 0 aromatic heterocycles. The Bertz CT molecular complexity index is 325. The number of hydrogen-bond acceptors (Lipinski definition) is 2. The van der Waals surface area contributed by atoms with Crippen molar-refractivity contribution in [1.82, 2.24) is 4.90 Å². The Morgan fingerprint density at radius 3 is 2.80 bits per heavy atom. The molecule has 1 fully saturated rings. The summed E-state index contributed by atoms with van der Waals surface area (Å²) < 4.78 is 1.12. The van der Waals surface area contributed by atoms with Crippen molar-refractivity contribution >= 4 is 15.9 Å². The van der Waals surface area contributed by atoms with Crippen LogP contribution in [0.25, 0.3) is 0 Å². The van der Waals surface area contributed by atoms with Gasteiger partial charge in [0.15, 0.2) is 0 Å². The zero-order valence-electron chi connectivity index (χ0n) is 8.69. The summed E-state index contributed by atoms with van der Waals surface area (Å²) in [5.74, 6) is 0. The lowest BCUT2D eigenvalue weighted by molar-refractivity contribution is 0.183. The molecule has 0 unspecified atom stereocenters. The summed E-state index contributed by atoms with van der Waals surface area (Å²) in [6.07, 6.45) is 2.57. The Morgan fingerprint density at radius 1 is 1.40 bits per heavy atom. The van der Waals surface area contributed by atoms with Crippen molar-refractivity contribution < 1.29 is 5.11 Å². The van der Waals surface area contributed by atoms with Crippen molar-refractivity contribution in [3.63, 3.8) is 0 Å². The van der Waals surface area contributed by atoms with Crippen LogP contribution in [-0.4, -0.2) is 29.2 Å². The van der Waals surface area contributed by atoms with Crippen LogP contribution >= 0.6 is 15.9 Å². The van der Waals surface area contributed by atoms with Crippen LogP contribution in [0.1, 0.15) is 18.4 Å². The predicted molar refractivity (Wildman–Crippen MR) is 64.7 cm³/mol. The van der Waals surface area contributed by atoms with E-state index in [1.807, 2.05) is 6.07 Å². The fourth-order valence-electron chi connectivity index (χ4n) is 1.83. The molecule has 0 saturated heterocycles. The monoisotopic (exact) mass is 269 g/mol. The Morgan fingerprint density at radius 2 is 2.20 bits per heavy atom. The molecule has 0 spiro atoms. The van der Waals surface area contributed by atoms with Gasteiger partial charge < -0.3 is 5.11 Å².